The van der Waals surface area contributed by atoms with Gasteiger partial charge < -0.3 is 4.74 Å². The lowest BCUT2D eigenvalue weighted by atomic mass is 10.0. The fourth-order valence-corrected chi connectivity index (χ4v) is 0.810. The molecule has 2 heteroatoms. The summed E-state index contributed by atoms with van der Waals surface area (Å²) in [6.07, 6.45) is 0.157. The SMILES string of the molecule is CC1CCOC[C@H]1F. The van der Waals surface area contributed by atoms with Gasteiger partial charge in [-0.25, -0.2) is 4.39 Å². The van der Waals surface area contributed by atoms with E-state index in [1.807, 2.05) is 6.92 Å². The summed E-state index contributed by atoms with van der Waals surface area (Å²) in [7, 11) is 0. The van der Waals surface area contributed by atoms with Crippen LogP contribution in [0.15, 0.2) is 0 Å². The Kier molecular flexibility index (Phi) is 1.84. The molecule has 0 aromatic carbocycles. The standard InChI is InChI=1S/C6H11FO/c1-5-2-3-8-4-6(5)7/h5-6H,2-4H2,1H3/t5?,6-/m1/s1. The normalized spacial score (nSPS) is 39.8. The van der Waals surface area contributed by atoms with Gasteiger partial charge in [0.1, 0.15) is 6.17 Å². The lowest BCUT2D eigenvalue weighted by Crippen LogP contribution is -2.26. The van der Waals surface area contributed by atoms with Crippen LogP contribution in [0.1, 0.15) is 13.3 Å². The zero-order valence-electron chi connectivity index (χ0n) is 5.06. The Bertz CT molecular complexity index is 64.9. The van der Waals surface area contributed by atoms with Crippen molar-refractivity contribution in [1.82, 2.24) is 0 Å². The molecule has 0 aromatic rings. The molecule has 0 amide bonds. The van der Waals surface area contributed by atoms with Crippen molar-refractivity contribution in [3.63, 3.8) is 0 Å². The van der Waals surface area contributed by atoms with E-state index in [1.165, 1.54) is 0 Å². The van der Waals surface area contributed by atoms with Crippen molar-refractivity contribution in [2.45, 2.75) is 19.5 Å². The van der Waals surface area contributed by atoms with Crippen molar-refractivity contribution in [1.29, 1.82) is 0 Å². The van der Waals surface area contributed by atoms with Gasteiger partial charge in [0.05, 0.1) is 6.61 Å². The highest BCUT2D eigenvalue weighted by molar-refractivity contribution is 4.67. The minimum absolute atomic E-state index is 0.212. The highest BCUT2D eigenvalue weighted by Crippen LogP contribution is 2.16. The van der Waals surface area contributed by atoms with E-state index in [2.05, 4.69) is 0 Å². The van der Waals surface area contributed by atoms with Crippen LogP contribution >= 0.6 is 0 Å². The molecule has 1 unspecified atom stereocenters. The monoisotopic (exact) mass is 118 g/mol. The van der Waals surface area contributed by atoms with Crippen LogP contribution in [0.25, 0.3) is 0 Å². The van der Waals surface area contributed by atoms with Crippen molar-refractivity contribution in [3.05, 3.63) is 0 Å². The highest BCUT2D eigenvalue weighted by atomic mass is 19.1. The molecule has 0 N–H and O–H groups in total. The third-order valence-corrected chi connectivity index (χ3v) is 1.61. The van der Waals surface area contributed by atoms with Crippen molar-refractivity contribution >= 4 is 0 Å². The molecular formula is C6H11FO. The summed E-state index contributed by atoms with van der Waals surface area (Å²) >= 11 is 0. The smallest absolute Gasteiger partial charge is 0.126 e. The van der Waals surface area contributed by atoms with E-state index in [9.17, 15) is 4.39 Å². The molecule has 0 aliphatic carbocycles. The summed E-state index contributed by atoms with van der Waals surface area (Å²) in [6, 6.07) is 0. The van der Waals surface area contributed by atoms with Crippen LogP contribution in [0, 0.1) is 5.92 Å². The van der Waals surface area contributed by atoms with Gasteiger partial charge in [0, 0.05) is 6.61 Å². The van der Waals surface area contributed by atoms with Crippen LogP contribution in [0.5, 0.6) is 0 Å². The fourth-order valence-electron chi connectivity index (χ4n) is 0.810. The lowest BCUT2D eigenvalue weighted by molar-refractivity contribution is 0.00451. The van der Waals surface area contributed by atoms with Gasteiger partial charge >= 0.3 is 0 Å². The quantitative estimate of drug-likeness (QED) is 0.467. The Balaban J connectivity index is 2.28. The topological polar surface area (TPSA) is 9.23 Å². The molecule has 2 atom stereocenters. The Labute approximate surface area is 48.8 Å². The first kappa shape index (κ1) is 6.02. The second-order valence-corrected chi connectivity index (χ2v) is 2.36. The number of hydrogen-bond donors (Lipinski definition) is 0. The van der Waals surface area contributed by atoms with Gasteiger partial charge in [-0.05, 0) is 12.3 Å². The average Bonchev–Trinajstić information content (AvgIpc) is 1.77. The molecule has 1 rings (SSSR count). The van der Waals surface area contributed by atoms with Gasteiger partial charge in [-0.1, -0.05) is 6.92 Å². The number of hydrogen-bond acceptors (Lipinski definition) is 1. The molecule has 1 saturated heterocycles. The predicted molar refractivity (Wildman–Crippen MR) is 29.5 cm³/mol. The third-order valence-electron chi connectivity index (χ3n) is 1.61. The van der Waals surface area contributed by atoms with E-state index in [0.717, 1.165) is 13.0 Å². The van der Waals surface area contributed by atoms with Gasteiger partial charge in [-0.2, -0.15) is 0 Å². The zero-order chi connectivity index (χ0) is 5.98. The minimum Gasteiger partial charge on any atom is -0.378 e. The third kappa shape index (κ3) is 1.19. The van der Waals surface area contributed by atoms with Gasteiger partial charge in [0.15, 0.2) is 0 Å². The Morgan fingerprint density at radius 2 is 2.38 bits per heavy atom. The second-order valence-electron chi connectivity index (χ2n) is 2.36. The van der Waals surface area contributed by atoms with Gasteiger partial charge in [-0.3, -0.25) is 0 Å². The van der Waals surface area contributed by atoms with E-state index in [4.69, 9.17) is 4.74 Å². The molecule has 0 radical (unpaired) electrons. The minimum atomic E-state index is -0.719. The van der Waals surface area contributed by atoms with E-state index >= 15 is 0 Å². The molecule has 0 aromatic heterocycles. The maximum absolute atomic E-state index is 12.5. The molecule has 1 aliphatic heterocycles. The molecule has 1 fully saturated rings. The Hall–Kier alpha value is -0.110. The number of halogens is 1. The van der Waals surface area contributed by atoms with Crippen LogP contribution in [-0.4, -0.2) is 19.4 Å². The summed E-state index contributed by atoms with van der Waals surface area (Å²) in [5, 5.41) is 0. The van der Waals surface area contributed by atoms with Crippen LogP contribution < -0.4 is 0 Å². The summed E-state index contributed by atoms with van der Waals surface area (Å²) in [6.45, 7) is 2.97. The molecule has 0 saturated carbocycles. The summed E-state index contributed by atoms with van der Waals surface area (Å²) < 4.78 is 17.3. The fraction of sp³-hybridized carbons (Fsp3) is 1.00. The summed E-state index contributed by atoms with van der Waals surface area (Å²) in [4.78, 5) is 0. The van der Waals surface area contributed by atoms with E-state index in [1.54, 1.807) is 0 Å². The first-order valence-electron chi connectivity index (χ1n) is 3.02. The van der Waals surface area contributed by atoms with E-state index in [0.29, 0.717) is 6.61 Å². The molecular weight excluding hydrogens is 107 g/mol. The Morgan fingerprint density at radius 1 is 1.62 bits per heavy atom. The molecule has 1 heterocycles. The highest BCUT2D eigenvalue weighted by Gasteiger charge is 2.20. The maximum Gasteiger partial charge on any atom is 0.126 e. The second kappa shape index (κ2) is 2.44. The van der Waals surface area contributed by atoms with Crippen molar-refractivity contribution < 1.29 is 9.13 Å². The largest absolute Gasteiger partial charge is 0.378 e. The number of rotatable bonds is 0. The number of alkyl halides is 1. The molecule has 0 bridgehead atoms. The van der Waals surface area contributed by atoms with Crippen molar-refractivity contribution in [3.8, 4) is 0 Å². The van der Waals surface area contributed by atoms with Gasteiger partial charge in [0.25, 0.3) is 0 Å². The Morgan fingerprint density at radius 3 is 2.75 bits per heavy atom. The van der Waals surface area contributed by atoms with Crippen LogP contribution in [0.4, 0.5) is 4.39 Å². The zero-order valence-corrected chi connectivity index (χ0v) is 5.06. The van der Waals surface area contributed by atoms with Crippen LogP contribution in [0.3, 0.4) is 0 Å². The first-order chi connectivity index (χ1) is 3.80. The summed E-state index contributed by atoms with van der Waals surface area (Å²) in [5.41, 5.74) is 0. The van der Waals surface area contributed by atoms with Crippen LogP contribution in [0.2, 0.25) is 0 Å². The van der Waals surface area contributed by atoms with E-state index < -0.39 is 6.17 Å². The summed E-state index contributed by atoms with van der Waals surface area (Å²) in [5.74, 6) is 0.212. The number of ether oxygens (including phenoxy) is 1. The van der Waals surface area contributed by atoms with Crippen molar-refractivity contribution in [2.75, 3.05) is 13.2 Å². The van der Waals surface area contributed by atoms with E-state index in [-0.39, 0.29) is 5.92 Å². The molecule has 1 nitrogen and oxygen atoms in total. The van der Waals surface area contributed by atoms with Gasteiger partial charge in [-0.15, -0.1) is 0 Å². The predicted octanol–water partition coefficient (Wildman–Crippen LogP) is 1.38. The average molecular weight is 118 g/mol. The van der Waals surface area contributed by atoms with Crippen LogP contribution in [-0.2, 0) is 4.74 Å². The first-order valence-corrected chi connectivity index (χ1v) is 3.02. The lowest BCUT2D eigenvalue weighted by Gasteiger charge is -2.21. The maximum atomic E-state index is 12.5. The molecule has 0 spiro atoms. The molecule has 1 aliphatic rings. The molecule has 8 heavy (non-hydrogen) atoms. The van der Waals surface area contributed by atoms with Crippen molar-refractivity contribution in [2.24, 2.45) is 5.92 Å². The molecule has 48 valence electrons. The van der Waals surface area contributed by atoms with Gasteiger partial charge in [0.2, 0.25) is 0 Å².